The Morgan fingerprint density at radius 1 is 1.14 bits per heavy atom. The molecule has 1 aromatic carbocycles. The molecule has 1 fully saturated rings. The van der Waals surface area contributed by atoms with Crippen molar-refractivity contribution in [1.82, 2.24) is 5.32 Å². The molecule has 0 aliphatic heterocycles. The van der Waals surface area contributed by atoms with Gasteiger partial charge in [-0.25, -0.2) is 0 Å². The molecule has 1 saturated carbocycles. The summed E-state index contributed by atoms with van der Waals surface area (Å²) in [6.45, 7) is 2.00. The fourth-order valence-corrected chi connectivity index (χ4v) is 5.22. The summed E-state index contributed by atoms with van der Waals surface area (Å²) in [6.07, 6.45) is 8.74. The summed E-state index contributed by atoms with van der Waals surface area (Å²) in [7, 11) is 0. The molecule has 1 aliphatic rings. The van der Waals surface area contributed by atoms with E-state index in [9.17, 15) is 34.8 Å². The molecule has 1 aromatic rings. The first kappa shape index (κ1) is 36.4. The molecular weight excluding hydrogens is 574 g/mol. The second kappa shape index (κ2) is 21.0. The van der Waals surface area contributed by atoms with E-state index in [1.807, 2.05) is 55.5 Å². The lowest BCUT2D eigenvalue weighted by molar-refractivity contribution is -0.759. The Kier molecular flexibility index (Phi) is 17.3. The van der Waals surface area contributed by atoms with Gasteiger partial charge in [-0.15, -0.1) is 15.0 Å². The lowest BCUT2D eigenvalue weighted by Gasteiger charge is -2.21. The molecule has 13 nitrogen and oxygen atoms in total. The number of unbranched alkanes of at least 4 members (excludes halogenated alkanes) is 1. The maximum absolute atomic E-state index is 12.7. The minimum absolute atomic E-state index is 0.0227. The van der Waals surface area contributed by atoms with Crippen molar-refractivity contribution in [3.63, 3.8) is 0 Å². The third-order valence-corrected chi connectivity index (χ3v) is 7.50. The van der Waals surface area contributed by atoms with E-state index in [0.717, 1.165) is 18.4 Å². The van der Waals surface area contributed by atoms with Crippen molar-refractivity contribution in [2.75, 3.05) is 13.2 Å². The number of aryl methyl sites for hydroxylation is 1. The number of hydrogen-bond acceptors (Lipinski definition) is 11. The zero-order valence-electron chi connectivity index (χ0n) is 25.2. The Morgan fingerprint density at radius 2 is 1.91 bits per heavy atom. The molecule has 13 heteroatoms. The highest BCUT2D eigenvalue weighted by Crippen LogP contribution is 2.36. The number of esters is 1. The van der Waals surface area contributed by atoms with Gasteiger partial charge in [-0.1, -0.05) is 48.6 Å². The van der Waals surface area contributed by atoms with E-state index in [4.69, 9.17) is 4.74 Å². The maximum atomic E-state index is 12.7. The van der Waals surface area contributed by atoms with Crippen LogP contribution in [0.15, 0.2) is 60.0 Å². The van der Waals surface area contributed by atoms with E-state index < -0.39 is 42.1 Å². The largest absolute Gasteiger partial charge is 0.458 e. The smallest absolute Gasteiger partial charge is 0.306 e. The van der Waals surface area contributed by atoms with E-state index in [1.165, 1.54) is 0 Å². The third kappa shape index (κ3) is 14.6. The molecular formula is C31H45N3O10. The average molecular weight is 620 g/mol. The van der Waals surface area contributed by atoms with E-state index in [1.54, 1.807) is 6.08 Å². The van der Waals surface area contributed by atoms with Gasteiger partial charge in [-0.3, -0.25) is 9.59 Å². The predicted molar refractivity (Wildman–Crippen MR) is 161 cm³/mol. The normalized spacial score (nSPS) is 21.2. The second-order valence-electron chi connectivity index (χ2n) is 10.8. The summed E-state index contributed by atoms with van der Waals surface area (Å²) < 4.78 is 5.75. The van der Waals surface area contributed by atoms with E-state index >= 15 is 0 Å². The number of nitrogens with one attached hydrogen (secondary N) is 1. The van der Waals surface area contributed by atoms with Crippen molar-refractivity contribution in [2.45, 2.75) is 95.5 Å². The summed E-state index contributed by atoms with van der Waals surface area (Å²) in [4.78, 5) is 53.9. The topological polar surface area (TPSA) is 187 Å². The number of benzene rings is 1. The van der Waals surface area contributed by atoms with E-state index in [2.05, 4.69) is 20.3 Å². The molecule has 244 valence electrons. The first-order chi connectivity index (χ1) is 21.2. The van der Waals surface area contributed by atoms with Gasteiger partial charge in [0.15, 0.2) is 11.4 Å². The van der Waals surface area contributed by atoms with Crippen LogP contribution in [0.4, 0.5) is 0 Å². The molecule has 0 heterocycles. The summed E-state index contributed by atoms with van der Waals surface area (Å²) in [5.41, 5.74) is 1.07. The Hall–Kier alpha value is -3.84. The van der Waals surface area contributed by atoms with Crippen LogP contribution in [0, 0.1) is 26.9 Å². The summed E-state index contributed by atoms with van der Waals surface area (Å²) >= 11 is 0. The zero-order chi connectivity index (χ0) is 32.2. The molecule has 0 aromatic heterocycles. The molecule has 0 saturated heterocycles. The fraction of sp³-hybridized carbons (Fsp3) is 0.613. The number of carbonyl (C=O) groups excluding carboxylic acids is 2. The van der Waals surface area contributed by atoms with Gasteiger partial charge in [0.2, 0.25) is 5.91 Å². The second-order valence-corrected chi connectivity index (χ2v) is 10.8. The summed E-state index contributed by atoms with van der Waals surface area (Å²) in [5, 5.41) is 35.8. The van der Waals surface area contributed by atoms with E-state index in [0.29, 0.717) is 32.2 Å². The number of ether oxygens (including phenoxy) is 1. The Labute approximate surface area is 257 Å². The predicted octanol–water partition coefficient (Wildman–Crippen LogP) is 4.14. The molecule has 0 radical (unpaired) electrons. The van der Waals surface area contributed by atoms with Crippen molar-refractivity contribution in [3.05, 3.63) is 75.2 Å². The highest BCUT2D eigenvalue weighted by molar-refractivity contribution is 5.75. The van der Waals surface area contributed by atoms with Crippen molar-refractivity contribution in [3.8, 4) is 0 Å². The van der Waals surface area contributed by atoms with Gasteiger partial charge in [-0.05, 0) is 69.4 Å². The van der Waals surface area contributed by atoms with Crippen LogP contribution in [0.3, 0.4) is 0 Å². The SMILES string of the molecule is CCNC(=O)CCC/C=C\C[C@@H]1[C@@H](/C=C/[C@H](CCc2ccccc2)OC(=O)CCC[C@H](CO[N+](=O)[O-])ON=O)[C@H](O)C[C@@H]1O. The Bertz CT molecular complexity index is 1070. The van der Waals surface area contributed by atoms with Gasteiger partial charge in [0.05, 0.1) is 12.2 Å². The van der Waals surface area contributed by atoms with Gasteiger partial charge >= 0.3 is 5.97 Å². The van der Waals surface area contributed by atoms with Crippen molar-refractivity contribution < 1.29 is 39.3 Å². The van der Waals surface area contributed by atoms with Crippen LogP contribution in [-0.2, 0) is 30.4 Å². The Morgan fingerprint density at radius 3 is 2.61 bits per heavy atom. The Balaban J connectivity index is 1.98. The zero-order valence-corrected chi connectivity index (χ0v) is 25.2. The number of nitrogens with zero attached hydrogens (tertiary/aromatic N) is 2. The first-order valence-electron chi connectivity index (χ1n) is 15.2. The van der Waals surface area contributed by atoms with Crippen LogP contribution in [-0.4, -0.2) is 64.7 Å². The summed E-state index contributed by atoms with van der Waals surface area (Å²) in [6, 6.07) is 9.73. The minimum Gasteiger partial charge on any atom is -0.458 e. The molecule has 6 atom stereocenters. The van der Waals surface area contributed by atoms with Crippen molar-refractivity contribution in [2.24, 2.45) is 17.2 Å². The average Bonchev–Trinajstić information content (AvgIpc) is 3.26. The molecule has 0 spiro atoms. The number of allylic oxidation sites excluding steroid dienone is 2. The van der Waals surface area contributed by atoms with Gasteiger partial charge in [0.25, 0.3) is 5.09 Å². The molecule has 1 aliphatic carbocycles. The quantitative estimate of drug-likeness (QED) is 0.0425. The molecule has 2 rings (SSSR count). The summed E-state index contributed by atoms with van der Waals surface area (Å²) in [5.74, 6) is -1.02. The number of hydrogen-bond donors (Lipinski definition) is 3. The van der Waals surface area contributed by atoms with Gasteiger partial charge in [-0.2, -0.15) is 0 Å². The molecule has 1 amide bonds. The standard InChI is InChI=1S/C31H45N3O10/c1-2-32-30(37)15-9-4-3-8-14-26-27(29(36)21-28(26)35)20-19-24(18-17-23-11-6-5-7-12-23)43-31(38)16-10-13-25(44-33-39)22-42-34(40)41/h3,5-8,11-12,19-20,24-29,35-36H,2,4,9-10,13-18,21-22H2,1H3,(H,32,37)/b8-3-,20-19+/t24-,25+,26+,27+,28-,29+/m0/s1. The van der Waals surface area contributed by atoms with Crippen LogP contribution in [0.2, 0.25) is 0 Å². The van der Waals surface area contributed by atoms with Gasteiger partial charge < -0.3 is 29.9 Å². The highest BCUT2D eigenvalue weighted by Gasteiger charge is 2.39. The number of aliphatic hydroxyl groups is 2. The highest BCUT2D eigenvalue weighted by atomic mass is 17.0. The van der Waals surface area contributed by atoms with Crippen LogP contribution < -0.4 is 5.32 Å². The number of rotatable bonds is 22. The molecule has 44 heavy (non-hydrogen) atoms. The molecule has 3 N–H and O–H groups in total. The molecule has 0 unspecified atom stereocenters. The molecule has 0 bridgehead atoms. The van der Waals surface area contributed by atoms with E-state index in [-0.39, 0.29) is 43.4 Å². The number of amides is 1. The third-order valence-electron chi connectivity index (χ3n) is 7.50. The van der Waals surface area contributed by atoms with Crippen molar-refractivity contribution >= 4 is 11.9 Å². The lowest BCUT2D eigenvalue weighted by Crippen LogP contribution is -2.22. The van der Waals surface area contributed by atoms with Crippen LogP contribution in [0.5, 0.6) is 0 Å². The van der Waals surface area contributed by atoms with Gasteiger partial charge in [0, 0.05) is 31.7 Å². The minimum atomic E-state index is -1.00. The fourth-order valence-electron chi connectivity index (χ4n) is 5.22. The number of carbonyl (C=O) groups is 2. The van der Waals surface area contributed by atoms with Gasteiger partial charge in [0.1, 0.15) is 12.7 Å². The van der Waals surface area contributed by atoms with Crippen molar-refractivity contribution in [1.29, 1.82) is 0 Å². The van der Waals surface area contributed by atoms with Crippen LogP contribution in [0.25, 0.3) is 0 Å². The van der Waals surface area contributed by atoms with Crippen LogP contribution >= 0.6 is 0 Å². The first-order valence-corrected chi connectivity index (χ1v) is 15.2. The maximum Gasteiger partial charge on any atom is 0.306 e. The monoisotopic (exact) mass is 619 g/mol. The number of aliphatic hydroxyl groups excluding tert-OH is 2. The lowest BCUT2D eigenvalue weighted by atomic mass is 9.89. The van der Waals surface area contributed by atoms with Crippen LogP contribution in [0.1, 0.15) is 70.3 Å².